The molecule has 1 rings (SSSR count). The molecule has 1 aromatic heterocycles. The van der Waals surface area contributed by atoms with Gasteiger partial charge in [0.2, 0.25) is 0 Å². The molecule has 1 heterocycles. The van der Waals surface area contributed by atoms with Crippen molar-refractivity contribution in [2.24, 2.45) is 5.92 Å². The minimum Gasteiger partial charge on any atom is -0.388 e. The minimum atomic E-state index is -0.639. The van der Waals surface area contributed by atoms with E-state index in [0.29, 0.717) is 12.5 Å². The van der Waals surface area contributed by atoms with Crippen molar-refractivity contribution in [2.75, 3.05) is 13.1 Å². The lowest BCUT2D eigenvalue weighted by Crippen LogP contribution is -2.40. The Hall–Kier alpha value is -0.380. The molecule has 1 atom stereocenters. The largest absolute Gasteiger partial charge is 0.388 e. The van der Waals surface area contributed by atoms with Crippen LogP contribution in [0.3, 0.4) is 0 Å². The Labute approximate surface area is 96.3 Å². The highest BCUT2D eigenvalue weighted by atomic mass is 32.1. The van der Waals surface area contributed by atoms with Gasteiger partial charge in [0.25, 0.3) is 0 Å². The van der Waals surface area contributed by atoms with E-state index >= 15 is 0 Å². The first kappa shape index (κ1) is 12.7. The first-order valence-corrected chi connectivity index (χ1v) is 6.33. The van der Waals surface area contributed by atoms with Crippen LogP contribution in [-0.2, 0) is 6.42 Å². The monoisotopic (exact) mass is 227 g/mol. The maximum atomic E-state index is 10.1. The Morgan fingerprint density at radius 2 is 2.27 bits per heavy atom. The van der Waals surface area contributed by atoms with Gasteiger partial charge in [-0.1, -0.05) is 19.9 Å². The molecule has 86 valence electrons. The molecule has 0 bridgehead atoms. The molecule has 0 amide bonds. The molecule has 0 saturated heterocycles. The summed E-state index contributed by atoms with van der Waals surface area (Å²) in [6, 6.07) is 4.10. The van der Waals surface area contributed by atoms with E-state index in [-0.39, 0.29) is 0 Å². The smallest absolute Gasteiger partial charge is 0.0791 e. The zero-order valence-corrected chi connectivity index (χ0v) is 10.6. The van der Waals surface area contributed by atoms with Crippen LogP contribution in [-0.4, -0.2) is 23.8 Å². The lowest BCUT2D eigenvalue weighted by molar-refractivity contribution is 0.0604. The minimum absolute atomic E-state index is 0.627. The summed E-state index contributed by atoms with van der Waals surface area (Å²) in [7, 11) is 0. The van der Waals surface area contributed by atoms with Crippen molar-refractivity contribution in [1.29, 1.82) is 0 Å². The lowest BCUT2D eigenvalue weighted by Gasteiger charge is -2.23. The van der Waals surface area contributed by atoms with Gasteiger partial charge in [0.1, 0.15) is 0 Å². The van der Waals surface area contributed by atoms with Crippen LogP contribution in [0.5, 0.6) is 0 Å². The van der Waals surface area contributed by atoms with Gasteiger partial charge in [0.05, 0.1) is 5.60 Å². The van der Waals surface area contributed by atoms with Crippen LogP contribution in [0.1, 0.15) is 25.6 Å². The second kappa shape index (κ2) is 5.64. The quantitative estimate of drug-likeness (QED) is 0.781. The van der Waals surface area contributed by atoms with E-state index in [1.807, 2.05) is 18.4 Å². The second-order valence-electron chi connectivity index (χ2n) is 4.78. The molecule has 0 aliphatic carbocycles. The highest BCUT2D eigenvalue weighted by Gasteiger charge is 2.20. The number of nitrogens with one attached hydrogen (secondary N) is 1. The molecule has 1 aromatic rings. The number of thiophene rings is 1. The first-order valence-electron chi connectivity index (χ1n) is 5.45. The van der Waals surface area contributed by atoms with Gasteiger partial charge in [-0.05, 0) is 30.8 Å². The molecule has 0 fully saturated rings. The normalized spacial score (nSPS) is 15.5. The molecule has 0 aliphatic rings. The van der Waals surface area contributed by atoms with Crippen LogP contribution in [0.4, 0.5) is 0 Å². The van der Waals surface area contributed by atoms with Crippen molar-refractivity contribution < 1.29 is 5.11 Å². The summed E-state index contributed by atoms with van der Waals surface area (Å²) in [4.78, 5) is 1.24. The fourth-order valence-electron chi connectivity index (χ4n) is 1.48. The number of rotatable bonds is 6. The molecular formula is C12H21NOS. The third kappa shape index (κ3) is 5.30. The highest BCUT2D eigenvalue weighted by molar-refractivity contribution is 7.09. The average Bonchev–Trinajstić information content (AvgIpc) is 2.54. The standard InChI is InChI=1S/C12H21NOS/c1-10(2)8-13-9-12(3,14)7-11-5-4-6-15-11/h4-6,10,13-14H,7-9H2,1-3H3. The maximum Gasteiger partial charge on any atom is 0.0791 e. The SMILES string of the molecule is CC(C)CNCC(C)(O)Cc1cccs1. The van der Waals surface area contributed by atoms with Crippen molar-refractivity contribution >= 4 is 11.3 Å². The lowest BCUT2D eigenvalue weighted by atomic mass is 10.0. The summed E-state index contributed by atoms with van der Waals surface area (Å²) in [6.45, 7) is 7.84. The van der Waals surface area contributed by atoms with Crippen LogP contribution in [0.25, 0.3) is 0 Å². The van der Waals surface area contributed by atoms with Crippen molar-refractivity contribution in [1.82, 2.24) is 5.32 Å². The summed E-state index contributed by atoms with van der Waals surface area (Å²) < 4.78 is 0. The summed E-state index contributed by atoms with van der Waals surface area (Å²) >= 11 is 1.70. The second-order valence-corrected chi connectivity index (χ2v) is 5.81. The van der Waals surface area contributed by atoms with E-state index in [2.05, 4.69) is 25.2 Å². The van der Waals surface area contributed by atoms with Crippen molar-refractivity contribution in [3.63, 3.8) is 0 Å². The third-order valence-electron chi connectivity index (χ3n) is 2.19. The molecule has 3 heteroatoms. The number of aliphatic hydroxyl groups is 1. The molecule has 2 nitrogen and oxygen atoms in total. The number of hydrogen-bond donors (Lipinski definition) is 2. The van der Waals surface area contributed by atoms with Gasteiger partial charge in [-0.3, -0.25) is 0 Å². The summed E-state index contributed by atoms with van der Waals surface area (Å²) in [5.74, 6) is 0.627. The summed E-state index contributed by atoms with van der Waals surface area (Å²) in [5.41, 5.74) is -0.639. The molecule has 2 N–H and O–H groups in total. The molecule has 0 aromatic carbocycles. The Bertz CT molecular complexity index is 267. The molecule has 0 spiro atoms. The topological polar surface area (TPSA) is 32.3 Å². The van der Waals surface area contributed by atoms with Gasteiger partial charge in [-0.15, -0.1) is 11.3 Å². The molecular weight excluding hydrogens is 206 g/mol. The summed E-state index contributed by atoms with van der Waals surface area (Å²) in [6.07, 6.45) is 0.732. The first-order chi connectivity index (χ1) is 6.99. The van der Waals surface area contributed by atoms with Crippen LogP contribution in [0, 0.1) is 5.92 Å². The summed E-state index contributed by atoms with van der Waals surface area (Å²) in [5, 5.41) is 15.5. The van der Waals surface area contributed by atoms with Gasteiger partial charge in [-0.2, -0.15) is 0 Å². The Morgan fingerprint density at radius 1 is 1.53 bits per heavy atom. The zero-order chi connectivity index (χ0) is 11.3. The van der Waals surface area contributed by atoms with E-state index < -0.39 is 5.60 Å². The highest BCUT2D eigenvalue weighted by Crippen LogP contribution is 2.16. The van der Waals surface area contributed by atoms with Crippen LogP contribution in [0.2, 0.25) is 0 Å². The van der Waals surface area contributed by atoms with Crippen molar-refractivity contribution in [3.8, 4) is 0 Å². The van der Waals surface area contributed by atoms with Gasteiger partial charge in [0.15, 0.2) is 0 Å². The Balaban J connectivity index is 2.32. The third-order valence-corrected chi connectivity index (χ3v) is 3.07. The molecule has 1 unspecified atom stereocenters. The van der Waals surface area contributed by atoms with Crippen molar-refractivity contribution in [2.45, 2.75) is 32.8 Å². The van der Waals surface area contributed by atoms with Crippen LogP contribution in [0.15, 0.2) is 17.5 Å². The molecule has 0 saturated carbocycles. The fraction of sp³-hybridized carbons (Fsp3) is 0.667. The van der Waals surface area contributed by atoms with Gasteiger partial charge >= 0.3 is 0 Å². The predicted molar refractivity (Wildman–Crippen MR) is 66.4 cm³/mol. The van der Waals surface area contributed by atoms with Crippen molar-refractivity contribution in [3.05, 3.63) is 22.4 Å². The average molecular weight is 227 g/mol. The van der Waals surface area contributed by atoms with Gasteiger partial charge in [-0.25, -0.2) is 0 Å². The van der Waals surface area contributed by atoms with Crippen LogP contribution < -0.4 is 5.32 Å². The predicted octanol–water partition coefficient (Wildman–Crippen LogP) is 2.29. The molecule has 0 radical (unpaired) electrons. The van der Waals surface area contributed by atoms with E-state index in [1.54, 1.807) is 11.3 Å². The van der Waals surface area contributed by atoms with E-state index in [4.69, 9.17) is 0 Å². The molecule has 0 aliphatic heterocycles. The van der Waals surface area contributed by atoms with E-state index in [0.717, 1.165) is 13.0 Å². The fourth-order valence-corrected chi connectivity index (χ4v) is 2.36. The van der Waals surface area contributed by atoms with Crippen LogP contribution >= 0.6 is 11.3 Å². The van der Waals surface area contributed by atoms with E-state index in [9.17, 15) is 5.11 Å². The van der Waals surface area contributed by atoms with Gasteiger partial charge < -0.3 is 10.4 Å². The Morgan fingerprint density at radius 3 is 2.80 bits per heavy atom. The number of hydrogen-bond acceptors (Lipinski definition) is 3. The van der Waals surface area contributed by atoms with E-state index in [1.165, 1.54) is 4.88 Å². The molecule has 15 heavy (non-hydrogen) atoms. The Kier molecular flexibility index (Phi) is 4.77. The maximum absolute atomic E-state index is 10.1. The van der Waals surface area contributed by atoms with Gasteiger partial charge in [0, 0.05) is 17.8 Å². The zero-order valence-electron chi connectivity index (χ0n) is 9.79.